The number of rotatable bonds is 4. The van der Waals surface area contributed by atoms with E-state index >= 15 is 0 Å². The van der Waals surface area contributed by atoms with Gasteiger partial charge in [0.2, 0.25) is 0 Å². The zero-order valence-corrected chi connectivity index (χ0v) is 20.0. The van der Waals surface area contributed by atoms with Gasteiger partial charge in [-0.3, -0.25) is 14.7 Å². The van der Waals surface area contributed by atoms with Crippen LogP contribution in [-0.4, -0.2) is 57.6 Å². The Kier molecular flexibility index (Phi) is 6.42. The molecule has 0 unspecified atom stereocenters. The minimum atomic E-state index is -0.421. The molecule has 1 saturated heterocycles. The molecule has 3 heterocycles. The molecule has 3 aliphatic rings. The number of aliphatic hydroxyl groups excluding tert-OH is 1. The van der Waals surface area contributed by atoms with Gasteiger partial charge >= 0.3 is 0 Å². The monoisotopic (exact) mass is 458 g/mol. The number of aliphatic hydroxyl groups is 1. The molecule has 1 N–H and O–H groups in total. The zero-order valence-electron chi connectivity index (χ0n) is 20.0. The molecule has 0 spiro atoms. The summed E-state index contributed by atoms with van der Waals surface area (Å²) in [5.74, 6) is 0.0205. The fourth-order valence-corrected chi connectivity index (χ4v) is 6.04. The second-order valence-electron chi connectivity index (χ2n) is 10.2. The van der Waals surface area contributed by atoms with E-state index in [0.717, 1.165) is 87.1 Å². The quantitative estimate of drug-likeness (QED) is 0.755. The number of fused-ring (bicyclic) bond motifs is 1. The molecule has 178 valence electrons. The molecule has 5 rings (SSSR count). The average Bonchev–Trinajstić information content (AvgIpc) is 2.87. The number of hydrogen-bond acceptors (Lipinski definition) is 5. The number of aromatic nitrogens is 1. The van der Waals surface area contributed by atoms with E-state index < -0.39 is 11.5 Å². The molecule has 6 nitrogen and oxygen atoms in total. The summed E-state index contributed by atoms with van der Waals surface area (Å²) in [6, 6.07) is 14.7. The third-order valence-corrected chi connectivity index (χ3v) is 8.22. The number of nitrogens with zero attached hydrogens (tertiary/aromatic N) is 4. The van der Waals surface area contributed by atoms with E-state index in [-0.39, 0.29) is 11.9 Å². The van der Waals surface area contributed by atoms with E-state index in [1.165, 1.54) is 0 Å². The van der Waals surface area contributed by atoms with E-state index in [0.29, 0.717) is 12.1 Å². The van der Waals surface area contributed by atoms with Gasteiger partial charge in [0, 0.05) is 38.3 Å². The maximum atomic E-state index is 13.4. The normalized spacial score (nSPS) is 25.0. The van der Waals surface area contributed by atoms with E-state index in [4.69, 9.17) is 4.98 Å². The van der Waals surface area contributed by atoms with E-state index in [1.54, 1.807) is 0 Å². The first-order chi connectivity index (χ1) is 16.5. The van der Waals surface area contributed by atoms with Gasteiger partial charge in [0.15, 0.2) is 0 Å². The topological polar surface area (TPSA) is 80.5 Å². The number of benzene rings is 1. The van der Waals surface area contributed by atoms with Crippen molar-refractivity contribution in [2.75, 3.05) is 19.6 Å². The third-order valence-electron chi connectivity index (χ3n) is 8.22. The number of likely N-dealkylation sites (tertiary alicyclic amines) is 1. The second-order valence-corrected chi connectivity index (χ2v) is 10.2. The van der Waals surface area contributed by atoms with Crippen LogP contribution in [0.15, 0.2) is 36.4 Å². The maximum absolute atomic E-state index is 13.4. The van der Waals surface area contributed by atoms with Gasteiger partial charge in [-0.05, 0) is 49.8 Å². The van der Waals surface area contributed by atoms with Crippen molar-refractivity contribution in [1.82, 2.24) is 14.8 Å². The van der Waals surface area contributed by atoms with Crippen molar-refractivity contribution in [3.8, 4) is 6.07 Å². The number of carbonyl (C=O) groups is 1. The van der Waals surface area contributed by atoms with Crippen molar-refractivity contribution in [2.45, 2.75) is 76.0 Å². The minimum Gasteiger partial charge on any atom is -0.391 e. The Morgan fingerprint density at radius 3 is 2.59 bits per heavy atom. The van der Waals surface area contributed by atoms with Gasteiger partial charge in [0.05, 0.1) is 34.9 Å². The van der Waals surface area contributed by atoms with Gasteiger partial charge in [-0.2, -0.15) is 5.26 Å². The highest BCUT2D eigenvalue weighted by molar-refractivity contribution is 5.96. The Balaban J connectivity index is 1.31. The Morgan fingerprint density at radius 1 is 1.15 bits per heavy atom. The molecule has 2 atom stereocenters. The third kappa shape index (κ3) is 4.23. The molecule has 6 heteroatoms. The summed E-state index contributed by atoms with van der Waals surface area (Å²) < 4.78 is 0. The van der Waals surface area contributed by atoms with Gasteiger partial charge in [-0.15, -0.1) is 0 Å². The van der Waals surface area contributed by atoms with Crippen molar-refractivity contribution < 1.29 is 9.90 Å². The lowest BCUT2D eigenvalue weighted by molar-refractivity contribution is 0.0160. The van der Waals surface area contributed by atoms with Crippen LogP contribution in [-0.2, 0) is 18.4 Å². The predicted octanol–water partition coefficient (Wildman–Crippen LogP) is 3.75. The van der Waals surface area contributed by atoms with Crippen LogP contribution in [0, 0.1) is 18.3 Å². The smallest absolute Gasteiger partial charge is 0.256 e. The average molecular weight is 459 g/mol. The highest BCUT2D eigenvalue weighted by Gasteiger charge is 2.38. The summed E-state index contributed by atoms with van der Waals surface area (Å²) in [5, 5.41) is 20.5. The molecule has 34 heavy (non-hydrogen) atoms. The summed E-state index contributed by atoms with van der Waals surface area (Å²) in [6.45, 7) is 5.09. The first-order valence-electron chi connectivity index (χ1n) is 12.7. The standard InChI is InChI=1S/C28H34N4O2/c1-20-21(18-31-15-12-28(19-29,13-16-31)22-7-3-2-4-8-22)17-23-24(30-20)11-14-32(27(23)34)25-9-5-6-10-26(25)33/h2-4,7-8,17,25-26,33H,5-6,9-16,18H2,1H3/t25-,26-/m0/s1. The van der Waals surface area contributed by atoms with Crippen LogP contribution >= 0.6 is 0 Å². The minimum absolute atomic E-state index is 0.0205. The lowest BCUT2D eigenvalue weighted by atomic mass is 9.74. The summed E-state index contributed by atoms with van der Waals surface area (Å²) >= 11 is 0. The second kappa shape index (κ2) is 9.48. The molecule has 1 saturated carbocycles. The number of hydrogen-bond donors (Lipinski definition) is 1. The maximum Gasteiger partial charge on any atom is 0.256 e. The molecule has 1 aliphatic carbocycles. The van der Waals surface area contributed by atoms with Crippen LogP contribution in [0.1, 0.15) is 71.4 Å². The van der Waals surface area contributed by atoms with Crippen molar-refractivity contribution >= 4 is 5.91 Å². The molecule has 2 aliphatic heterocycles. The number of piperidine rings is 1. The molecule has 1 aromatic heterocycles. The number of amides is 1. The number of nitriles is 1. The van der Waals surface area contributed by atoms with Crippen LogP contribution in [0.25, 0.3) is 0 Å². The Labute approximate surface area is 202 Å². The number of aryl methyl sites for hydroxylation is 1. The summed E-state index contributed by atoms with van der Waals surface area (Å²) in [7, 11) is 0. The molecule has 1 amide bonds. The van der Waals surface area contributed by atoms with Crippen molar-refractivity contribution in [2.24, 2.45) is 0 Å². The first kappa shape index (κ1) is 23.0. The zero-order chi connectivity index (χ0) is 23.7. The molecular formula is C28H34N4O2. The largest absolute Gasteiger partial charge is 0.391 e. The fraction of sp³-hybridized carbons (Fsp3) is 0.536. The van der Waals surface area contributed by atoms with Crippen LogP contribution in [0.2, 0.25) is 0 Å². The van der Waals surface area contributed by atoms with Gasteiger partial charge in [-0.25, -0.2) is 0 Å². The first-order valence-corrected chi connectivity index (χ1v) is 12.7. The summed E-state index contributed by atoms with van der Waals surface area (Å²) in [6.07, 6.45) is 5.69. The van der Waals surface area contributed by atoms with Gasteiger partial charge in [0.1, 0.15) is 0 Å². The Bertz CT molecular complexity index is 1090. The lowest BCUT2D eigenvalue weighted by Gasteiger charge is -2.40. The molecule has 2 fully saturated rings. The van der Waals surface area contributed by atoms with Crippen LogP contribution in [0.5, 0.6) is 0 Å². The molecule has 0 bridgehead atoms. The van der Waals surface area contributed by atoms with Gasteiger partial charge in [0.25, 0.3) is 5.91 Å². The number of pyridine rings is 1. The Hall–Kier alpha value is -2.75. The van der Waals surface area contributed by atoms with Crippen LogP contribution in [0.4, 0.5) is 0 Å². The van der Waals surface area contributed by atoms with E-state index in [1.807, 2.05) is 36.1 Å². The highest BCUT2D eigenvalue weighted by atomic mass is 16.3. The Morgan fingerprint density at radius 2 is 1.88 bits per heavy atom. The van der Waals surface area contributed by atoms with Crippen molar-refractivity contribution in [3.05, 3.63) is 64.5 Å². The van der Waals surface area contributed by atoms with Crippen LogP contribution < -0.4 is 0 Å². The lowest BCUT2D eigenvalue weighted by Crippen LogP contribution is -2.51. The van der Waals surface area contributed by atoms with E-state index in [2.05, 4.69) is 23.1 Å². The van der Waals surface area contributed by atoms with Gasteiger partial charge < -0.3 is 10.0 Å². The predicted molar refractivity (Wildman–Crippen MR) is 130 cm³/mol. The highest BCUT2D eigenvalue weighted by Crippen LogP contribution is 2.36. The molecule has 2 aromatic rings. The van der Waals surface area contributed by atoms with Crippen molar-refractivity contribution in [3.63, 3.8) is 0 Å². The molecule has 0 radical (unpaired) electrons. The van der Waals surface area contributed by atoms with E-state index in [9.17, 15) is 15.2 Å². The van der Waals surface area contributed by atoms with Crippen LogP contribution in [0.3, 0.4) is 0 Å². The number of carbonyl (C=O) groups excluding carboxylic acids is 1. The summed E-state index contributed by atoms with van der Waals surface area (Å²) in [4.78, 5) is 22.5. The van der Waals surface area contributed by atoms with Crippen molar-refractivity contribution in [1.29, 1.82) is 5.26 Å². The summed E-state index contributed by atoms with van der Waals surface area (Å²) in [5.41, 5.74) is 4.36. The van der Waals surface area contributed by atoms with Gasteiger partial charge in [-0.1, -0.05) is 43.2 Å². The fourth-order valence-electron chi connectivity index (χ4n) is 6.04. The molecular weight excluding hydrogens is 424 g/mol. The SMILES string of the molecule is Cc1nc2c(cc1CN1CCC(C#N)(c3ccccc3)CC1)C(=O)N([C@H]1CCCC[C@@H]1O)CC2. The molecule has 1 aromatic carbocycles.